The Hall–Kier alpha value is -4.05. The highest BCUT2D eigenvalue weighted by Gasteiger charge is 2.53. The summed E-state index contributed by atoms with van der Waals surface area (Å²) in [5.41, 5.74) is 0. The number of amides is 1. The fraction of sp³-hybridized carbons (Fsp3) is 0.842. The molecule has 0 aromatic rings. The van der Waals surface area contributed by atoms with Crippen LogP contribution in [0.25, 0.3) is 0 Å². The zero-order valence-corrected chi connectivity index (χ0v) is 46.5. The summed E-state index contributed by atoms with van der Waals surface area (Å²) in [5.74, 6) is -5.02. The Morgan fingerprint density at radius 2 is 0.890 bits per heavy atom. The Balaban J connectivity index is 3.24. The van der Waals surface area contributed by atoms with Crippen molar-refractivity contribution >= 4 is 41.7 Å². The maximum absolute atomic E-state index is 14.2. The van der Waals surface area contributed by atoms with Gasteiger partial charge < -0.3 is 43.2 Å². The highest BCUT2D eigenvalue weighted by atomic mass is 16.7. The minimum Gasteiger partial charge on any atom is -0.463 e. The largest absolute Gasteiger partial charge is 0.463 e. The van der Waals surface area contributed by atoms with Crippen molar-refractivity contribution < 1.29 is 71.5 Å². The van der Waals surface area contributed by atoms with Crippen molar-refractivity contribution in [1.29, 1.82) is 0 Å². The first-order valence-corrected chi connectivity index (χ1v) is 28.3. The van der Waals surface area contributed by atoms with Crippen LogP contribution in [0.4, 0.5) is 0 Å². The van der Waals surface area contributed by atoms with Gasteiger partial charge >= 0.3 is 35.8 Å². The number of hydrogen-bond acceptors (Lipinski definition) is 15. The van der Waals surface area contributed by atoms with Crippen molar-refractivity contribution in [2.24, 2.45) is 0 Å². The van der Waals surface area contributed by atoms with E-state index in [-0.39, 0.29) is 6.42 Å². The average Bonchev–Trinajstić information content (AvgIpc) is 3.32. The van der Waals surface area contributed by atoms with Crippen molar-refractivity contribution in [3.05, 3.63) is 12.2 Å². The van der Waals surface area contributed by atoms with Gasteiger partial charge in [-0.15, -0.1) is 0 Å². The van der Waals surface area contributed by atoms with E-state index < -0.39 is 104 Å². The number of ether oxygens (including phenoxy) is 8. The molecule has 0 aromatic carbocycles. The van der Waals surface area contributed by atoms with Crippen LogP contribution >= 0.6 is 0 Å². The molecule has 1 aliphatic rings. The molecule has 0 bridgehead atoms. The molecule has 1 heterocycles. The van der Waals surface area contributed by atoms with Gasteiger partial charge in [0.05, 0.1) is 12.6 Å². The fourth-order valence-electron chi connectivity index (χ4n) is 9.12. The topological polar surface area (TPSA) is 205 Å². The summed E-state index contributed by atoms with van der Waals surface area (Å²) in [5, 5.41) is 2.90. The zero-order valence-electron chi connectivity index (χ0n) is 46.5. The Morgan fingerprint density at radius 1 is 0.479 bits per heavy atom. The molecule has 8 atom stereocenters. The molecule has 1 aliphatic heterocycles. The molecule has 1 amide bonds. The van der Waals surface area contributed by atoms with Crippen LogP contribution in [-0.2, 0) is 71.5 Å². The minimum atomic E-state index is -1.57. The molecule has 16 nitrogen and oxygen atoms in total. The number of carbonyl (C=O) groups is 7. The molecule has 0 aromatic heterocycles. The van der Waals surface area contributed by atoms with Gasteiger partial charge in [-0.25, -0.2) is 0 Å². The Kier molecular flexibility index (Phi) is 39.6. The maximum atomic E-state index is 14.2. The van der Waals surface area contributed by atoms with Crippen LogP contribution in [0.5, 0.6) is 0 Å². The van der Waals surface area contributed by atoms with Crippen LogP contribution < -0.4 is 5.32 Å². The second-order valence-corrected chi connectivity index (χ2v) is 19.9. The Labute approximate surface area is 439 Å². The van der Waals surface area contributed by atoms with Crippen molar-refractivity contribution in [2.45, 2.75) is 297 Å². The van der Waals surface area contributed by atoms with Gasteiger partial charge in [0.1, 0.15) is 18.8 Å². The quantitative estimate of drug-likeness (QED) is 0.0261. The van der Waals surface area contributed by atoms with E-state index in [1.807, 2.05) is 6.08 Å². The number of allylic oxidation sites excluding steroid dienone is 1. The van der Waals surface area contributed by atoms with E-state index in [0.29, 0.717) is 12.8 Å². The summed E-state index contributed by atoms with van der Waals surface area (Å²) in [6, 6.07) is -1.13. The van der Waals surface area contributed by atoms with Crippen molar-refractivity contribution in [1.82, 2.24) is 5.32 Å². The van der Waals surface area contributed by atoms with Gasteiger partial charge in [0, 0.05) is 41.5 Å². The molecule has 422 valence electrons. The summed E-state index contributed by atoms with van der Waals surface area (Å²) in [6.07, 6.45) is 28.4. The molecule has 8 unspecified atom stereocenters. The SMILES string of the molecule is CCCCCCCCCCCCCCCC=CC(OC(C)=O)C(COC1OC(COC(C)=O)C(OC(C)=O)C(OC(C)=O)C1OC(C)=O)NC(=O)C(CCCCCCCCCCCCCCCCC)OC(C)=O. The third-order valence-corrected chi connectivity index (χ3v) is 12.9. The summed E-state index contributed by atoms with van der Waals surface area (Å²) < 4.78 is 45.7. The first-order chi connectivity index (χ1) is 35.1. The summed E-state index contributed by atoms with van der Waals surface area (Å²) >= 11 is 0. The maximum Gasteiger partial charge on any atom is 0.303 e. The third-order valence-electron chi connectivity index (χ3n) is 12.9. The summed E-state index contributed by atoms with van der Waals surface area (Å²) in [6.45, 7) is 10.5. The third kappa shape index (κ3) is 35.0. The molecule has 0 spiro atoms. The van der Waals surface area contributed by atoms with Gasteiger partial charge in [0.15, 0.2) is 30.7 Å². The number of nitrogens with one attached hydrogen (secondary N) is 1. The lowest BCUT2D eigenvalue weighted by Gasteiger charge is -2.44. The highest BCUT2D eigenvalue weighted by molar-refractivity contribution is 5.83. The lowest BCUT2D eigenvalue weighted by molar-refractivity contribution is -0.309. The Bertz CT molecular complexity index is 1550. The predicted octanol–water partition coefficient (Wildman–Crippen LogP) is 11.7. The van der Waals surface area contributed by atoms with E-state index in [0.717, 1.165) is 65.7 Å². The summed E-state index contributed by atoms with van der Waals surface area (Å²) in [7, 11) is 0. The number of unbranched alkanes of at least 4 members (excludes halogenated alkanes) is 27. The Morgan fingerprint density at radius 3 is 1.32 bits per heavy atom. The van der Waals surface area contributed by atoms with Crippen LogP contribution in [0.15, 0.2) is 12.2 Å². The summed E-state index contributed by atoms with van der Waals surface area (Å²) in [4.78, 5) is 88.5. The average molecular weight is 1040 g/mol. The van der Waals surface area contributed by atoms with Crippen LogP contribution in [0, 0.1) is 0 Å². The van der Waals surface area contributed by atoms with Gasteiger partial charge in [0.2, 0.25) is 0 Å². The van der Waals surface area contributed by atoms with E-state index in [9.17, 15) is 33.6 Å². The normalized spacial score (nSPS) is 18.8. The van der Waals surface area contributed by atoms with E-state index in [1.54, 1.807) is 6.08 Å². The van der Waals surface area contributed by atoms with Crippen molar-refractivity contribution in [3.8, 4) is 0 Å². The standard InChI is InChI=1S/C57H99NO15/c1-9-11-13-15-17-19-21-23-25-27-29-31-33-35-37-39-50(68-44(4)60)49(58-56(65)51(69-45(5)61)40-38-36-34-32-30-28-26-24-22-20-18-16-14-12-10-2)41-67-57-55(72-48(8)64)54(71-47(7)63)53(70-46(6)62)52(73-57)42-66-43(3)59/h37,39,49-55,57H,9-36,38,40-42H2,1-8H3,(H,58,65). The number of esters is 6. The van der Waals surface area contributed by atoms with Crippen molar-refractivity contribution in [2.75, 3.05) is 13.2 Å². The molecule has 1 N–H and O–H groups in total. The number of rotatable bonds is 44. The smallest absolute Gasteiger partial charge is 0.303 e. The monoisotopic (exact) mass is 1040 g/mol. The lowest BCUT2D eigenvalue weighted by atomic mass is 9.98. The molecule has 1 rings (SSSR count). The molecule has 0 radical (unpaired) electrons. The molecule has 0 saturated carbocycles. The zero-order chi connectivity index (χ0) is 54.1. The van der Waals surface area contributed by atoms with Gasteiger partial charge in [-0.3, -0.25) is 33.6 Å². The van der Waals surface area contributed by atoms with Gasteiger partial charge in [0.25, 0.3) is 5.91 Å². The van der Waals surface area contributed by atoms with E-state index in [2.05, 4.69) is 19.2 Å². The molecule has 0 aliphatic carbocycles. The minimum absolute atomic E-state index is 0.254. The van der Waals surface area contributed by atoms with Crippen LogP contribution in [0.1, 0.15) is 248 Å². The molecular formula is C57H99NO15. The first-order valence-electron chi connectivity index (χ1n) is 28.3. The predicted molar refractivity (Wildman–Crippen MR) is 280 cm³/mol. The number of carbonyl (C=O) groups excluding carboxylic acids is 7. The molecule has 73 heavy (non-hydrogen) atoms. The lowest BCUT2D eigenvalue weighted by Crippen LogP contribution is -2.63. The fourth-order valence-corrected chi connectivity index (χ4v) is 9.12. The second-order valence-electron chi connectivity index (χ2n) is 19.9. The molecule has 16 heteroatoms. The molecule has 1 fully saturated rings. The first kappa shape index (κ1) is 67.0. The van der Waals surface area contributed by atoms with Gasteiger partial charge in [-0.05, 0) is 31.8 Å². The van der Waals surface area contributed by atoms with Crippen molar-refractivity contribution in [3.63, 3.8) is 0 Å². The van der Waals surface area contributed by atoms with Crippen LogP contribution in [0.3, 0.4) is 0 Å². The van der Waals surface area contributed by atoms with Crippen LogP contribution in [0.2, 0.25) is 0 Å². The van der Waals surface area contributed by atoms with E-state index in [1.165, 1.54) is 149 Å². The van der Waals surface area contributed by atoms with E-state index in [4.69, 9.17) is 37.9 Å². The highest BCUT2D eigenvalue weighted by Crippen LogP contribution is 2.30. The second kappa shape index (κ2) is 43.2. The van der Waals surface area contributed by atoms with Crippen LogP contribution in [-0.4, -0.2) is 104 Å². The molecular weight excluding hydrogens is 939 g/mol. The molecule has 1 saturated heterocycles. The van der Waals surface area contributed by atoms with Gasteiger partial charge in [-0.2, -0.15) is 0 Å². The van der Waals surface area contributed by atoms with Gasteiger partial charge in [-0.1, -0.05) is 187 Å². The van der Waals surface area contributed by atoms with E-state index >= 15 is 0 Å². The number of hydrogen-bond donors (Lipinski definition) is 1.